The summed E-state index contributed by atoms with van der Waals surface area (Å²) < 4.78 is 15.6. The molecule has 1 atom stereocenters. The van der Waals surface area contributed by atoms with Gasteiger partial charge in [-0.1, -0.05) is 6.42 Å². The number of rotatable bonds is 2. The molecule has 25 heavy (non-hydrogen) atoms. The number of imidazole rings is 1. The molecular formula is C18H18FN5O. The van der Waals surface area contributed by atoms with Crippen molar-refractivity contribution in [2.75, 3.05) is 6.54 Å². The van der Waals surface area contributed by atoms with E-state index in [1.165, 1.54) is 10.6 Å². The maximum absolute atomic E-state index is 14.1. The van der Waals surface area contributed by atoms with Crippen molar-refractivity contribution in [3.05, 3.63) is 53.6 Å². The number of H-pyrrole nitrogens is 1. The second-order valence-corrected chi connectivity index (χ2v) is 6.83. The number of nitrogens with one attached hydrogen (secondary N) is 1. The number of aromatic amines is 1. The molecule has 5 rings (SSSR count). The number of hydrogen-bond donors (Lipinski definition) is 1. The average Bonchev–Trinajstić information content (AvgIpc) is 3.19. The van der Waals surface area contributed by atoms with Crippen molar-refractivity contribution in [2.24, 2.45) is 5.92 Å². The second kappa shape index (κ2) is 5.40. The highest BCUT2D eigenvalue weighted by molar-refractivity contribution is 5.81. The van der Waals surface area contributed by atoms with Crippen LogP contribution in [0.25, 0.3) is 5.52 Å². The molecule has 1 aliphatic carbocycles. The van der Waals surface area contributed by atoms with E-state index in [-0.39, 0.29) is 23.7 Å². The zero-order valence-corrected chi connectivity index (χ0v) is 13.7. The third-order valence-corrected chi connectivity index (χ3v) is 5.41. The van der Waals surface area contributed by atoms with Gasteiger partial charge in [-0.25, -0.2) is 13.9 Å². The third-order valence-electron chi connectivity index (χ3n) is 5.41. The van der Waals surface area contributed by atoms with Crippen LogP contribution in [0.3, 0.4) is 0 Å². The van der Waals surface area contributed by atoms with Crippen molar-refractivity contribution in [1.29, 1.82) is 0 Å². The van der Waals surface area contributed by atoms with Crippen molar-refractivity contribution in [3.63, 3.8) is 0 Å². The number of nitrogens with zero attached hydrogens (tertiary/aromatic N) is 4. The molecule has 128 valence electrons. The Morgan fingerprint density at radius 2 is 2.24 bits per heavy atom. The Morgan fingerprint density at radius 1 is 1.36 bits per heavy atom. The zero-order chi connectivity index (χ0) is 17.0. The summed E-state index contributed by atoms with van der Waals surface area (Å²) in [7, 11) is 0. The van der Waals surface area contributed by atoms with Crippen LogP contribution in [0.1, 0.15) is 42.4 Å². The minimum Gasteiger partial charge on any atom is -0.348 e. The molecular weight excluding hydrogens is 321 g/mol. The van der Waals surface area contributed by atoms with Gasteiger partial charge in [0.2, 0.25) is 5.91 Å². The number of halogens is 1. The first-order valence-corrected chi connectivity index (χ1v) is 8.69. The highest BCUT2D eigenvalue weighted by Gasteiger charge is 2.39. The summed E-state index contributed by atoms with van der Waals surface area (Å²) >= 11 is 0. The minimum absolute atomic E-state index is 0.108. The first-order chi connectivity index (χ1) is 12.2. The molecule has 1 N–H and O–H groups in total. The Labute approximate surface area is 143 Å². The van der Waals surface area contributed by atoms with E-state index < -0.39 is 0 Å². The highest BCUT2D eigenvalue weighted by atomic mass is 19.1. The van der Waals surface area contributed by atoms with Crippen LogP contribution in [0.4, 0.5) is 4.39 Å². The van der Waals surface area contributed by atoms with Crippen molar-refractivity contribution in [1.82, 2.24) is 24.5 Å². The molecule has 6 nitrogen and oxygen atoms in total. The zero-order valence-electron chi connectivity index (χ0n) is 13.7. The van der Waals surface area contributed by atoms with E-state index in [1.54, 1.807) is 24.7 Å². The van der Waals surface area contributed by atoms with E-state index in [1.807, 2.05) is 4.90 Å². The first-order valence-electron chi connectivity index (χ1n) is 8.69. The van der Waals surface area contributed by atoms with Gasteiger partial charge in [-0.05, 0) is 31.0 Å². The third kappa shape index (κ3) is 2.18. The highest BCUT2D eigenvalue weighted by Crippen LogP contribution is 2.37. The van der Waals surface area contributed by atoms with Crippen molar-refractivity contribution >= 4 is 11.4 Å². The lowest BCUT2D eigenvalue weighted by Crippen LogP contribution is -2.45. The summed E-state index contributed by atoms with van der Waals surface area (Å²) in [4.78, 5) is 22.5. The fourth-order valence-electron chi connectivity index (χ4n) is 3.84. The van der Waals surface area contributed by atoms with E-state index in [0.29, 0.717) is 17.8 Å². The van der Waals surface area contributed by atoms with Gasteiger partial charge in [-0.15, -0.1) is 0 Å². The Bertz CT molecular complexity index is 957. The van der Waals surface area contributed by atoms with Gasteiger partial charge < -0.3 is 9.88 Å². The molecule has 1 unspecified atom stereocenters. The van der Waals surface area contributed by atoms with E-state index in [0.717, 1.165) is 37.1 Å². The van der Waals surface area contributed by atoms with E-state index >= 15 is 0 Å². The van der Waals surface area contributed by atoms with Crippen LogP contribution in [0.5, 0.6) is 0 Å². The molecule has 0 bridgehead atoms. The quantitative estimate of drug-likeness (QED) is 0.780. The van der Waals surface area contributed by atoms with Crippen LogP contribution in [0.15, 0.2) is 30.7 Å². The molecule has 0 spiro atoms. The molecule has 1 fully saturated rings. The van der Waals surface area contributed by atoms with Gasteiger partial charge in [0, 0.05) is 30.8 Å². The predicted octanol–water partition coefficient (Wildman–Crippen LogP) is 2.47. The summed E-state index contributed by atoms with van der Waals surface area (Å²) in [5.41, 5.74) is 2.92. The molecule has 3 aromatic heterocycles. The Hall–Kier alpha value is -2.70. The molecule has 0 aromatic carbocycles. The fraction of sp³-hybridized carbons (Fsp3) is 0.389. The molecule has 0 radical (unpaired) electrons. The van der Waals surface area contributed by atoms with Crippen LogP contribution in [0.2, 0.25) is 0 Å². The van der Waals surface area contributed by atoms with Gasteiger partial charge in [-0.3, -0.25) is 4.79 Å². The second-order valence-electron chi connectivity index (χ2n) is 6.83. The summed E-state index contributed by atoms with van der Waals surface area (Å²) in [5, 5.41) is 4.54. The maximum atomic E-state index is 14.1. The number of carbonyl (C=O) groups is 1. The first kappa shape index (κ1) is 14.6. The number of amides is 1. The van der Waals surface area contributed by atoms with Crippen molar-refractivity contribution in [2.45, 2.75) is 31.7 Å². The summed E-state index contributed by atoms with van der Waals surface area (Å²) in [5.74, 6) is -0.0460. The van der Waals surface area contributed by atoms with Crippen LogP contribution in [-0.2, 0) is 11.2 Å². The molecule has 1 saturated carbocycles. The number of carbonyl (C=O) groups excluding carboxylic acids is 1. The molecule has 1 aliphatic heterocycles. The number of hydrogen-bond acceptors (Lipinski definition) is 3. The molecule has 0 saturated heterocycles. The minimum atomic E-state index is -0.359. The number of pyridine rings is 1. The standard InChI is InChI=1S/C18H18FN5O/c19-12-5-2-7-24-15(12)9-14(22-24)17-16-13(20-10-21-16)6-8-23(17)18(25)11-3-1-4-11/h2,5,7,9-11,17H,1,3-4,6,8H2,(H,20,21). The average molecular weight is 339 g/mol. The fourth-order valence-corrected chi connectivity index (χ4v) is 3.84. The monoisotopic (exact) mass is 339 g/mol. The maximum Gasteiger partial charge on any atom is 0.226 e. The van der Waals surface area contributed by atoms with Gasteiger partial charge in [0.1, 0.15) is 17.4 Å². The molecule has 2 aliphatic rings. The smallest absolute Gasteiger partial charge is 0.226 e. The Morgan fingerprint density at radius 3 is 3.00 bits per heavy atom. The van der Waals surface area contributed by atoms with E-state index in [2.05, 4.69) is 15.1 Å². The van der Waals surface area contributed by atoms with Gasteiger partial charge >= 0.3 is 0 Å². The lowest BCUT2D eigenvalue weighted by atomic mass is 9.83. The largest absolute Gasteiger partial charge is 0.348 e. The molecule has 4 heterocycles. The van der Waals surface area contributed by atoms with Crippen LogP contribution in [-0.4, -0.2) is 36.9 Å². The number of aromatic nitrogens is 4. The van der Waals surface area contributed by atoms with Crippen molar-refractivity contribution < 1.29 is 9.18 Å². The van der Waals surface area contributed by atoms with Crippen LogP contribution in [0, 0.1) is 11.7 Å². The van der Waals surface area contributed by atoms with Gasteiger partial charge in [-0.2, -0.15) is 5.10 Å². The normalized spacial score (nSPS) is 20.5. The van der Waals surface area contributed by atoms with Crippen LogP contribution < -0.4 is 0 Å². The summed E-state index contributed by atoms with van der Waals surface area (Å²) in [6, 6.07) is 4.41. The van der Waals surface area contributed by atoms with Crippen molar-refractivity contribution in [3.8, 4) is 0 Å². The molecule has 1 amide bonds. The lowest BCUT2D eigenvalue weighted by Gasteiger charge is -2.38. The molecule has 7 heteroatoms. The van der Waals surface area contributed by atoms with Crippen LogP contribution >= 0.6 is 0 Å². The van der Waals surface area contributed by atoms with Gasteiger partial charge in [0.05, 0.1) is 17.7 Å². The summed E-state index contributed by atoms with van der Waals surface area (Å²) in [6.45, 7) is 0.631. The Kier molecular flexibility index (Phi) is 3.16. The van der Waals surface area contributed by atoms with Gasteiger partial charge in [0.25, 0.3) is 0 Å². The summed E-state index contributed by atoms with van der Waals surface area (Å²) in [6.07, 6.45) is 7.15. The van der Waals surface area contributed by atoms with E-state index in [9.17, 15) is 9.18 Å². The Balaban J connectivity index is 1.62. The number of fused-ring (bicyclic) bond motifs is 2. The molecule has 3 aromatic rings. The van der Waals surface area contributed by atoms with E-state index in [4.69, 9.17) is 0 Å². The lowest BCUT2D eigenvalue weighted by molar-refractivity contribution is -0.140. The SMILES string of the molecule is O=C(C1CCC1)N1CCc2[nH]cnc2C1c1cc2c(F)cccn2n1. The topological polar surface area (TPSA) is 66.3 Å². The predicted molar refractivity (Wildman–Crippen MR) is 88.3 cm³/mol. The van der Waals surface area contributed by atoms with Gasteiger partial charge in [0.15, 0.2) is 0 Å².